The number of benzene rings is 2. The zero-order valence-corrected chi connectivity index (χ0v) is 18.4. The van der Waals surface area contributed by atoms with Gasteiger partial charge in [0, 0.05) is 19.8 Å². The Kier molecular flexibility index (Phi) is 7.72. The van der Waals surface area contributed by atoms with E-state index in [1.165, 1.54) is 26.2 Å². The molecule has 0 aliphatic rings. The molecular formula is C20H25N3O4S2. The quantitative estimate of drug-likeness (QED) is 0.650. The second-order valence-electron chi connectivity index (χ2n) is 6.92. The van der Waals surface area contributed by atoms with Crippen molar-refractivity contribution in [3.05, 3.63) is 54.1 Å². The van der Waals surface area contributed by atoms with Crippen LogP contribution in [0, 0.1) is 5.92 Å². The summed E-state index contributed by atoms with van der Waals surface area (Å²) >= 11 is 5.20. The molecule has 0 saturated carbocycles. The molecule has 29 heavy (non-hydrogen) atoms. The predicted octanol–water partition coefficient (Wildman–Crippen LogP) is 3.10. The third-order valence-electron chi connectivity index (χ3n) is 3.82. The van der Waals surface area contributed by atoms with Crippen molar-refractivity contribution < 1.29 is 17.9 Å². The number of carbonyl (C=O) groups excluding carboxylic acids is 1. The molecule has 0 fully saturated rings. The van der Waals surface area contributed by atoms with Crippen molar-refractivity contribution in [3.63, 3.8) is 0 Å². The van der Waals surface area contributed by atoms with E-state index in [0.29, 0.717) is 29.5 Å². The van der Waals surface area contributed by atoms with Gasteiger partial charge in [0.05, 0.1) is 17.1 Å². The van der Waals surface area contributed by atoms with Crippen molar-refractivity contribution in [2.45, 2.75) is 18.7 Å². The van der Waals surface area contributed by atoms with Gasteiger partial charge in [-0.2, -0.15) is 0 Å². The number of para-hydroxylation sites is 1. The maximum atomic E-state index is 12.6. The topological polar surface area (TPSA) is 87.7 Å². The normalized spacial score (nSPS) is 11.4. The molecule has 2 aromatic carbocycles. The van der Waals surface area contributed by atoms with Gasteiger partial charge in [0.15, 0.2) is 5.11 Å². The van der Waals surface area contributed by atoms with Crippen molar-refractivity contribution in [2.24, 2.45) is 5.92 Å². The standard InChI is InChI=1S/C20H25N3O4S2/c1-14(2)13-27-18-8-6-5-7-17(18)19(24)22-20(28)21-15-9-11-16(12-10-15)29(25,26)23(3)4/h5-12,14H,13H2,1-4H3,(H2,21,22,24,28). The maximum absolute atomic E-state index is 12.6. The lowest BCUT2D eigenvalue weighted by Gasteiger charge is -2.14. The zero-order chi connectivity index (χ0) is 21.6. The van der Waals surface area contributed by atoms with Gasteiger partial charge in [0.2, 0.25) is 10.0 Å². The van der Waals surface area contributed by atoms with E-state index < -0.39 is 15.9 Å². The molecule has 0 saturated heterocycles. The zero-order valence-electron chi connectivity index (χ0n) is 16.8. The lowest BCUT2D eigenvalue weighted by atomic mass is 10.2. The van der Waals surface area contributed by atoms with Crippen molar-refractivity contribution in [1.82, 2.24) is 9.62 Å². The van der Waals surface area contributed by atoms with Crippen LogP contribution in [0.25, 0.3) is 0 Å². The van der Waals surface area contributed by atoms with Crippen LogP contribution in [0.1, 0.15) is 24.2 Å². The molecule has 2 N–H and O–H groups in total. The number of carbonyl (C=O) groups is 1. The van der Waals surface area contributed by atoms with Gasteiger partial charge < -0.3 is 10.1 Å². The summed E-state index contributed by atoms with van der Waals surface area (Å²) in [6, 6.07) is 13.0. The summed E-state index contributed by atoms with van der Waals surface area (Å²) in [6.07, 6.45) is 0. The molecule has 0 heterocycles. The van der Waals surface area contributed by atoms with Crippen LogP contribution < -0.4 is 15.4 Å². The molecule has 9 heteroatoms. The first-order chi connectivity index (χ1) is 13.6. The van der Waals surface area contributed by atoms with Crippen molar-refractivity contribution in [2.75, 3.05) is 26.0 Å². The molecule has 0 bridgehead atoms. The first-order valence-corrected chi connectivity index (χ1v) is 10.8. The minimum Gasteiger partial charge on any atom is -0.492 e. The second-order valence-corrected chi connectivity index (χ2v) is 9.48. The number of nitrogens with zero attached hydrogens (tertiary/aromatic N) is 1. The molecule has 0 aliphatic carbocycles. The van der Waals surface area contributed by atoms with E-state index in [4.69, 9.17) is 17.0 Å². The predicted molar refractivity (Wildman–Crippen MR) is 118 cm³/mol. The van der Waals surface area contributed by atoms with E-state index in [2.05, 4.69) is 10.6 Å². The first kappa shape index (κ1) is 22.8. The lowest BCUT2D eigenvalue weighted by Crippen LogP contribution is -2.34. The van der Waals surface area contributed by atoms with Crippen LogP contribution in [0.3, 0.4) is 0 Å². The van der Waals surface area contributed by atoms with Crippen molar-refractivity contribution >= 4 is 38.9 Å². The van der Waals surface area contributed by atoms with E-state index >= 15 is 0 Å². The number of hydrogen-bond donors (Lipinski definition) is 2. The van der Waals surface area contributed by atoms with Gasteiger partial charge in [-0.25, -0.2) is 12.7 Å². The van der Waals surface area contributed by atoms with Gasteiger partial charge in [-0.3, -0.25) is 10.1 Å². The lowest BCUT2D eigenvalue weighted by molar-refractivity contribution is 0.0973. The minimum absolute atomic E-state index is 0.0943. The fourth-order valence-corrected chi connectivity index (χ4v) is 3.40. The maximum Gasteiger partial charge on any atom is 0.261 e. The number of sulfonamides is 1. The molecule has 0 aliphatic heterocycles. The highest BCUT2D eigenvalue weighted by molar-refractivity contribution is 7.89. The molecule has 2 rings (SSSR count). The Morgan fingerprint density at radius 2 is 1.72 bits per heavy atom. The van der Waals surface area contributed by atoms with Gasteiger partial charge in [0.25, 0.3) is 5.91 Å². The molecule has 0 unspecified atom stereocenters. The van der Waals surface area contributed by atoms with Gasteiger partial charge in [-0.1, -0.05) is 26.0 Å². The number of anilines is 1. The number of hydrogen-bond acceptors (Lipinski definition) is 5. The Bertz CT molecular complexity index is 971. The van der Waals surface area contributed by atoms with E-state index in [1.807, 2.05) is 13.8 Å². The van der Waals surface area contributed by atoms with Crippen LogP contribution in [-0.4, -0.2) is 44.4 Å². The first-order valence-electron chi connectivity index (χ1n) is 8.98. The number of nitrogens with one attached hydrogen (secondary N) is 2. The highest BCUT2D eigenvalue weighted by Crippen LogP contribution is 2.19. The van der Waals surface area contributed by atoms with Crippen LogP contribution in [0.5, 0.6) is 5.75 Å². The van der Waals surface area contributed by atoms with Gasteiger partial charge in [-0.05, 0) is 54.5 Å². The summed E-state index contributed by atoms with van der Waals surface area (Å²) in [5.74, 6) is 0.418. The molecule has 0 atom stereocenters. The van der Waals surface area contributed by atoms with Gasteiger partial charge in [-0.15, -0.1) is 0 Å². The average Bonchev–Trinajstić information content (AvgIpc) is 2.66. The van der Waals surface area contributed by atoms with Crippen molar-refractivity contribution in [3.8, 4) is 5.75 Å². The third-order valence-corrected chi connectivity index (χ3v) is 5.86. The molecule has 7 nitrogen and oxygen atoms in total. The van der Waals surface area contributed by atoms with E-state index in [1.54, 1.807) is 36.4 Å². The molecule has 0 aromatic heterocycles. The van der Waals surface area contributed by atoms with Crippen LogP contribution in [0.15, 0.2) is 53.4 Å². The highest BCUT2D eigenvalue weighted by Gasteiger charge is 2.17. The Morgan fingerprint density at radius 3 is 2.31 bits per heavy atom. The van der Waals surface area contributed by atoms with E-state index in [9.17, 15) is 13.2 Å². The highest BCUT2D eigenvalue weighted by atomic mass is 32.2. The molecule has 1 amide bonds. The SMILES string of the molecule is CC(C)COc1ccccc1C(=O)NC(=S)Nc1ccc(S(=O)(=O)N(C)C)cc1. The molecule has 156 valence electrons. The molecular weight excluding hydrogens is 410 g/mol. The van der Waals surface area contributed by atoms with Crippen LogP contribution >= 0.6 is 12.2 Å². The summed E-state index contributed by atoms with van der Waals surface area (Å²) < 4.78 is 31.0. The van der Waals surface area contributed by atoms with Crippen LogP contribution in [-0.2, 0) is 10.0 Å². The summed E-state index contributed by atoms with van der Waals surface area (Å²) in [5.41, 5.74) is 0.932. The van der Waals surface area contributed by atoms with E-state index in [-0.39, 0.29) is 10.0 Å². The Morgan fingerprint density at radius 1 is 1.10 bits per heavy atom. The molecule has 2 aromatic rings. The number of ether oxygens (including phenoxy) is 1. The Balaban J connectivity index is 2.04. The summed E-state index contributed by atoms with van der Waals surface area (Å²) in [4.78, 5) is 12.7. The minimum atomic E-state index is -3.50. The number of rotatable bonds is 7. The summed E-state index contributed by atoms with van der Waals surface area (Å²) in [5, 5.41) is 5.58. The Hall–Kier alpha value is -2.49. The summed E-state index contributed by atoms with van der Waals surface area (Å²) in [6.45, 7) is 4.54. The smallest absolute Gasteiger partial charge is 0.261 e. The largest absolute Gasteiger partial charge is 0.492 e. The van der Waals surface area contributed by atoms with Gasteiger partial charge >= 0.3 is 0 Å². The number of thiocarbonyl (C=S) groups is 1. The molecule has 0 radical (unpaired) electrons. The van der Waals surface area contributed by atoms with Crippen LogP contribution in [0.4, 0.5) is 5.69 Å². The monoisotopic (exact) mass is 435 g/mol. The van der Waals surface area contributed by atoms with Gasteiger partial charge in [0.1, 0.15) is 5.75 Å². The number of amides is 1. The third kappa shape index (κ3) is 6.25. The Labute approximate surface area is 177 Å². The second kappa shape index (κ2) is 9.82. The fourth-order valence-electron chi connectivity index (χ4n) is 2.29. The van der Waals surface area contributed by atoms with Crippen LogP contribution in [0.2, 0.25) is 0 Å². The average molecular weight is 436 g/mol. The van der Waals surface area contributed by atoms with E-state index in [0.717, 1.165) is 4.31 Å². The summed E-state index contributed by atoms with van der Waals surface area (Å²) in [7, 11) is -0.570. The fraction of sp³-hybridized carbons (Fsp3) is 0.300. The molecule has 0 spiro atoms. The van der Waals surface area contributed by atoms with Crippen molar-refractivity contribution in [1.29, 1.82) is 0 Å².